The normalized spacial score (nSPS) is 11.6. The summed E-state index contributed by atoms with van der Waals surface area (Å²) in [5.41, 5.74) is 1.24. The van der Waals surface area contributed by atoms with Crippen LogP contribution in [0.2, 0.25) is 10.0 Å². The molecule has 23 heavy (non-hydrogen) atoms. The Morgan fingerprint density at radius 2 is 1.61 bits per heavy atom. The van der Waals surface area contributed by atoms with Crippen LogP contribution in [0.3, 0.4) is 0 Å². The smallest absolute Gasteiger partial charge is 0.262 e. The summed E-state index contributed by atoms with van der Waals surface area (Å²) in [6, 6.07) is 15.3. The zero-order chi connectivity index (χ0) is 16.6. The third-order valence-electron chi connectivity index (χ3n) is 3.56. The van der Waals surface area contributed by atoms with Gasteiger partial charge in [-0.2, -0.15) is 0 Å². The lowest BCUT2D eigenvalue weighted by atomic mass is 10.1. The minimum Gasteiger partial charge on any atom is -0.279 e. The average molecular weight is 366 g/mol. The van der Waals surface area contributed by atoms with Gasteiger partial charge in [0.25, 0.3) is 10.0 Å². The SMILES string of the molecule is Cc1ccc(Cl)cc1NS(=O)(=O)c1ccc(Cl)c2ccccc12. The number of anilines is 1. The molecule has 0 bridgehead atoms. The first-order valence-electron chi connectivity index (χ1n) is 6.85. The molecule has 3 aromatic carbocycles. The molecular weight excluding hydrogens is 353 g/mol. The molecule has 0 atom stereocenters. The highest BCUT2D eigenvalue weighted by atomic mass is 35.5. The standard InChI is InChI=1S/C17H13Cl2NO2S/c1-11-6-7-12(18)10-16(11)20-23(21,22)17-9-8-15(19)13-4-2-3-5-14(13)17/h2-10,20H,1H3. The van der Waals surface area contributed by atoms with Gasteiger partial charge in [0.1, 0.15) is 0 Å². The van der Waals surface area contributed by atoms with Crippen molar-refractivity contribution in [3.05, 3.63) is 70.2 Å². The lowest BCUT2D eigenvalue weighted by Gasteiger charge is -2.13. The van der Waals surface area contributed by atoms with Crippen LogP contribution in [0.15, 0.2) is 59.5 Å². The third-order valence-corrected chi connectivity index (χ3v) is 5.55. The number of hydrogen-bond donors (Lipinski definition) is 1. The molecule has 0 unspecified atom stereocenters. The minimum absolute atomic E-state index is 0.178. The van der Waals surface area contributed by atoms with E-state index in [1.165, 1.54) is 6.07 Å². The Hall–Kier alpha value is -1.75. The number of benzene rings is 3. The third kappa shape index (κ3) is 3.15. The van der Waals surface area contributed by atoms with Crippen LogP contribution >= 0.6 is 23.2 Å². The minimum atomic E-state index is -3.76. The van der Waals surface area contributed by atoms with Crippen molar-refractivity contribution in [3.63, 3.8) is 0 Å². The largest absolute Gasteiger partial charge is 0.279 e. The van der Waals surface area contributed by atoms with E-state index in [-0.39, 0.29) is 4.90 Å². The molecule has 1 N–H and O–H groups in total. The van der Waals surface area contributed by atoms with Gasteiger partial charge in [-0.05, 0) is 36.8 Å². The summed E-state index contributed by atoms with van der Waals surface area (Å²) in [5.74, 6) is 0. The van der Waals surface area contributed by atoms with Crippen molar-refractivity contribution in [1.82, 2.24) is 0 Å². The Balaban J connectivity index is 2.14. The summed E-state index contributed by atoms with van der Waals surface area (Å²) in [7, 11) is -3.76. The Labute approximate surface area is 144 Å². The number of nitrogens with one attached hydrogen (secondary N) is 1. The van der Waals surface area contributed by atoms with Crippen molar-refractivity contribution in [3.8, 4) is 0 Å². The number of aryl methyl sites for hydroxylation is 1. The first-order chi connectivity index (χ1) is 10.9. The van der Waals surface area contributed by atoms with Crippen molar-refractivity contribution in [2.75, 3.05) is 4.72 Å². The van der Waals surface area contributed by atoms with Gasteiger partial charge in [0.05, 0.1) is 10.6 Å². The molecule has 0 aliphatic heterocycles. The van der Waals surface area contributed by atoms with Gasteiger partial charge < -0.3 is 0 Å². The van der Waals surface area contributed by atoms with E-state index in [0.717, 1.165) is 5.56 Å². The predicted molar refractivity (Wildman–Crippen MR) is 96.0 cm³/mol. The highest BCUT2D eigenvalue weighted by Crippen LogP contribution is 2.31. The van der Waals surface area contributed by atoms with Gasteiger partial charge in [-0.15, -0.1) is 0 Å². The fraction of sp³-hybridized carbons (Fsp3) is 0.0588. The topological polar surface area (TPSA) is 46.2 Å². The van der Waals surface area contributed by atoms with E-state index < -0.39 is 10.0 Å². The van der Waals surface area contributed by atoms with Crippen LogP contribution in [0.1, 0.15) is 5.56 Å². The van der Waals surface area contributed by atoms with Crippen molar-refractivity contribution >= 4 is 49.7 Å². The van der Waals surface area contributed by atoms with Gasteiger partial charge in [0, 0.05) is 20.8 Å². The molecule has 0 heterocycles. The van der Waals surface area contributed by atoms with Crippen LogP contribution in [0.25, 0.3) is 10.8 Å². The number of rotatable bonds is 3. The zero-order valence-electron chi connectivity index (χ0n) is 12.2. The summed E-state index contributed by atoms with van der Waals surface area (Å²) >= 11 is 12.1. The molecule has 3 nitrogen and oxygen atoms in total. The fourth-order valence-electron chi connectivity index (χ4n) is 2.37. The monoisotopic (exact) mass is 365 g/mol. The molecule has 3 rings (SSSR count). The van der Waals surface area contributed by atoms with E-state index in [1.807, 2.05) is 13.0 Å². The molecule has 0 fully saturated rings. The van der Waals surface area contributed by atoms with Gasteiger partial charge in [-0.3, -0.25) is 4.72 Å². The van der Waals surface area contributed by atoms with E-state index >= 15 is 0 Å². The van der Waals surface area contributed by atoms with Crippen molar-refractivity contribution in [1.29, 1.82) is 0 Å². The van der Waals surface area contributed by atoms with Gasteiger partial charge in [0.2, 0.25) is 0 Å². The highest BCUT2D eigenvalue weighted by molar-refractivity contribution is 7.93. The summed E-state index contributed by atoms with van der Waals surface area (Å²) in [4.78, 5) is 0.178. The van der Waals surface area contributed by atoms with Crippen molar-refractivity contribution < 1.29 is 8.42 Å². The molecule has 0 spiro atoms. The summed E-state index contributed by atoms with van der Waals surface area (Å²) in [6.07, 6.45) is 0. The van der Waals surface area contributed by atoms with Crippen LogP contribution in [-0.2, 0) is 10.0 Å². The summed E-state index contributed by atoms with van der Waals surface area (Å²) in [6.45, 7) is 1.81. The molecule has 0 radical (unpaired) electrons. The van der Waals surface area contributed by atoms with Crippen LogP contribution in [0.5, 0.6) is 0 Å². The second kappa shape index (κ2) is 6.04. The maximum absolute atomic E-state index is 12.8. The molecular formula is C17H13Cl2NO2S. The Bertz CT molecular complexity index is 1000. The lowest BCUT2D eigenvalue weighted by molar-refractivity contribution is 0.602. The second-order valence-corrected chi connectivity index (χ2v) is 7.65. The maximum Gasteiger partial charge on any atom is 0.262 e. The molecule has 0 saturated heterocycles. The highest BCUT2D eigenvalue weighted by Gasteiger charge is 2.19. The number of sulfonamides is 1. The molecule has 0 amide bonds. The number of halogens is 2. The van der Waals surface area contributed by atoms with Crippen LogP contribution < -0.4 is 4.72 Å². The van der Waals surface area contributed by atoms with E-state index in [4.69, 9.17) is 23.2 Å². The maximum atomic E-state index is 12.8. The first kappa shape index (κ1) is 16.1. The summed E-state index contributed by atoms with van der Waals surface area (Å²) < 4.78 is 28.2. The number of hydrogen-bond acceptors (Lipinski definition) is 2. The molecule has 0 aliphatic carbocycles. The summed E-state index contributed by atoms with van der Waals surface area (Å²) in [5, 5.41) is 2.25. The van der Waals surface area contributed by atoms with Gasteiger partial charge in [-0.1, -0.05) is 53.5 Å². The molecule has 3 aromatic rings. The van der Waals surface area contributed by atoms with Gasteiger partial charge >= 0.3 is 0 Å². The average Bonchev–Trinajstić information content (AvgIpc) is 2.51. The number of fused-ring (bicyclic) bond motifs is 1. The Morgan fingerprint density at radius 1 is 0.913 bits per heavy atom. The quantitative estimate of drug-likeness (QED) is 0.688. The zero-order valence-corrected chi connectivity index (χ0v) is 14.5. The molecule has 0 aliphatic rings. The van der Waals surface area contributed by atoms with Crippen LogP contribution in [0, 0.1) is 6.92 Å². The first-order valence-corrected chi connectivity index (χ1v) is 9.08. The predicted octanol–water partition coefficient (Wildman–Crippen LogP) is 5.26. The lowest BCUT2D eigenvalue weighted by Crippen LogP contribution is -2.14. The second-order valence-electron chi connectivity index (χ2n) is 5.16. The molecule has 0 saturated carbocycles. The van der Waals surface area contributed by atoms with E-state index in [9.17, 15) is 8.42 Å². The van der Waals surface area contributed by atoms with E-state index in [1.54, 1.807) is 42.5 Å². The van der Waals surface area contributed by atoms with E-state index in [2.05, 4.69) is 4.72 Å². The van der Waals surface area contributed by atoms with Crippen LogP contribution in [0.4, 0.5) is 5.69 Å². The van der Waals surface area contributed by atoms with Gasteiger partial charge in [0.15, 0.2) is 0 Å². The van der Waals surface area contributed by atoms with Crippen LogP contribution in [-0.4, -0.2) is 8.42 Å². The van der Waals surface area contributed by atoms with Gasteiger partial charge in [-0.25, -0.2) is 8.42 Å². The van der Waals surface area contributed by atoms with E-state index in [0.29, 0.717) is 26.5 Å². The molecule has 0 aromatic heterocycles. The Kier molecular flexibility index (Phi) is 4.23. The fourth-order valence-corrected chi connectivity index (χ4v) is 4.11. The van der Waals surface area contributed by atoms with Crippen molar-refractivity contribution in [2.24, 2.45) is 0 Å². The molecule has 6 heteroatoms. The van der Waals surface area contributed by atoms with Crippen molar-refractivity contribution in [2.45, 2.75) is 11.8 Å². The Morgan fingerprint density at radius 3 is 2.35 bits per heavy atom. The molecule has 118 valence electrons.